The standard InChI is InChI=1S/C40H48ClN9O5/c1-23-26(12-10-15-29(23)45-35-33-36(44-24(2)43-35)48(5)40(53)49(6)38(33)51)27-13-9-14-28(34(27)41)30-22-25-16-17-31(32(25)37(46-30)55-8)47(4)18-11-19-50(20-21-54-7)39(52)42-3/h9-10,12-15,22,31H,11,16-21H2,1-8H3,(H,42,52)(H,43,44,45). The fourth-order valence-electron chi connectivity index (χ4n) is 7.44. The molecule has 1 unspecified atom stereocenters. The van der Waals surface area contributed by atoms with Gasteiger partial charge in [-0.1, -0.05) is 41.9 Å². The van der Waals surface area contributed by atoms with E-state index in [4.69, 9.17) is 26.1 Å². The first-order valence-electron chi connectivity index (χ1n) is 18.2. The number of fused-ring (bicyclic) bond motifs is 2. The van der Waals surface area contributed by atoms with E-state index >= 15 is 0 Å². The summed E-state index contributed by atoms with van der Waals surface area (Å²) in [5.41, 5.74) is 6.38. The van der Waals surface area contributed by atoms with Crippen LogP contribution in [-0.4, -0.2) is 94.5 Å². The van der Waals surface area contributed by atoms with Gasteiger partial charge >= 0.3 is 11.7 Å². The lowest BCUT2D eigenvalue weighted by molar-refractivity contribution is 0.145. The number of rotatable bonds is 13. The molecule has 6 rings (SSSR count). The molecule has 2 amide bonds. The number of pyridine rings is 1. The van der Waals surface area contributed by atoms with E-state index in [0.29, 0.717) is 42.2 Å². The van der Waals surface area contributed by atoms with Gasteiger partial charge in [0.1, 0.15) is 17.0 Å². The molecule has 55 heavy (non-hydrogen) atoms. The van der Waals surface area contributed by atoms with Crippen molar-refractivity contribution in [1.82, 2.24) is 39.2 Å². The second-order valence-electron chi connectivity index (χ2n) is 13.8. The monoisotopic (exact) mass is 769 g/mol. The number of hydrogen-bond donors (Lipinski definition) is 2. The third-order valence-electron chi connectivity index (χ3n) is 10.4. The van der Waals surface area contributed by atoms with Crippen molar-refractivity contribution in [2.45, 2.75) is 39.2 Å². The van der Waals surface area contributed by atoms with Gasteiger partial charge in [0.15, 0.2) is 5.65 Å². The molecule has 0 saturated heterocycles. The number of aromatic nitrogens is 5. The molecule has 5 aromatic rings. The second kappa shape index (κ2) is 16.6. The molecule has 1 aliphatic rings. The summed E-state index contributed by atoms with van der Waals surface area (Å²) in [4.78, 5) is 56.3. The highest BCUT2D eigenvalue weighted by Crippen LogP contribution is 2.44. The number of anilines is 2. The number of carbonyl (C=O) groups is 1. The number of aryl methyl sites for hydroxylation is 3. The molecular formula is C40H48ClN9O5. The minimum Gasteiger partial charge on any atom is -0.481 e. The zero-order valence-corrected chi connectivity index (χ0v) is 33.4. The van der Waals surface area contributed by atoms with E-state index in [2.05, 4.69) is 38.6 Å². The zero-order valence-electron chi connectivity index (χ0n) is 32.6. The maximum atomic E-state index is 13.3. The van der Waals surface area contributed by atoms with Gasteiger partial charge in [0.2, 0.25) is 5.88 Å². The van der Waals surface area contributed by atoms with E-state index in [0.717, 1.165) is 69.6 Å². The minimum absolute atomic E-state index is 0.110. The van der Waals surface area contributed by atoms with Gasteiger partial charge in [0, 0.05) is 76.3 Å². The van der Waals surface area contributed by atoms with E-state index in [9.17, 15) is 14.4 Å². The quantitative estimate of drug-likeness (QED) is 0.160. The van der Waals surface area contributed by atoms with Gasteiger partial charge in [-0.05, 0) is 69.0 Å². The van der Waals surface area contributed by atoms with Crippen molar-refractivity contribution < 1.29 is 14.3 Å². The molecule has 0 fully saturated rings. The molecule has 0 aliphatic heterocycles. The third-order valence-corrected chi connectivity index (χ3v) is 10.8. The first-order valence-corrected chi connectivity index (χ1v) is 18.6. The molecule has 0 radical (unpaired) electrons. The van der Waals surface area contributed by atoms with Crippen LogP contribution >= 0.6 is 11.6 Å². The molecule has 1 aliphatic carbocycles. The number of nitrogens with zero attached hydrogens (tertiary/aromatic N) is 7. The first-order chi connectivity index (χ1) is 26.4. The summed E-state index contributed by atoms with van der Waals surface area (Å²) in [6.07, 6.45) is 2.60. The van der Waals surface area contributed by atoms with Crippen LogP contribution in [0.1, 0.15) is 41.4 Å². The molecule has 0 spiro atoms. The average Bonchev–Trinajstić information content (AvgIpc) is 3.62. The van der Waals surface area contributed by atoms with Gasteiger partial charge in [-0.15, -0.1) is 0 Å². The number of ether oxygens (including phenoxy) is 2. The van der Waals surface area contributed by atoms with Crippen LogP contribution in [-0.2, 0) is 25.3 Å². The SMILES string of the molecule is CNC(=O)N(CCCN(C)C1CCc2cc(-c3cccc(-c4cccc(Nc5nc(C)nc6c5c(=O)n(C)c(=O)n6C)c4C)c3Cl)nc(OC)c21)CCOC. The van der Waals surface area contributed by atoms with Crippen LogP contribution in [0.5, 0.6) is 5.88 Å². The summed E-state index contributed by atoms with van der Waals surface area (Å²) >= 11 is 7.26. The van der Waals surface area contributed by atoms with E-state index in [1.165, 1.54) is 17.2 Å². The largest absolute Gasteiger partial charge is 0.481 e. The van der Waals surface area contributed by atoms with Crippen molar-refractivity contribution >= 4 is 40.2 Å². The number of urea groups is 1. The first kappa shape index (κ1) is 39.4. The van der Waals surface area contributed by atoms with Crippen LogP contribution in [0.4, 0.5) is 16.3 Å². The Morgan fingerprint density at radius 1 is 0.982 bits per heavy atom. The van der Waals surface area contributed by atoms with Crippen molar-refractivity contribution in [3.63, 3.8) is 0 Å². The Morgan fingerprint density at radius 3 is 2.44 bits per heavy atom. The molecule has 0 saturated carbocycles. The van der Waals surface area contributed by atoms with Crippen LogP contribution in [0.3, 0.4) is 0 Å². The number of hydrogen-bond acceptors (Lipinski definition) is 10. The Bertz CT molecular complexity index is 2380. The number of nitrogens with one attached hydrogen (secondary N) is 2. The number of halogens is 1. The predicted octanol–water partition coefficient (Wildman–Crippen LogP) is 5.38. The summed E-state index contributed by atoms with van der Waals surface area (Å²) in [5.74, 6) is 1.31. The van der Waals surface area contributed by atoms with Crippen LogP contribution in [0.25, 0.3) is 33.4 Å². The van der Waals surface area contributed by atoms with Crippen molar-refractivity contribution in [3.05, 3.63) is 90.8 Å². The maximum absolute atomic E-state index is 13.3. The second-order valence-corrected chi connectivity index (χ2v) is 14.2. The predicted molar refractivity (Wildman–Crippen MR) is 216 cm³/mol. The van der Waals surface area contributed by atoms with E-state index < -0.39 is 11.2 Å². The van der Waals surface area contributed by atoms with E-state index in [-0.39, 0.29) is 23.1 Å². The van der Waals surface area contributed by atoms with Crippen molar-refractivity contribution in [2.24, 2.45) is 14.1 Å². The summed E-state index contributed by atoms with van der Waals surface area (Å²) in [6, 6.07) is 13.9. The van der Waals surface area contributed by atoms with Gasteiger partial charge in [-0.3, -0.25) is 18.8 Å². The van der Waals surface area contributed by atoms with Crippen molar-refractivity contribution in [2.75, 3.05) is 59.9 Å². The third kappa shape index (κ3) is 7.66. The van der Waals surface area contributed by atoms with Gasteiger partial charge < -0.3 is 25.0 Å². The average molecular weight is 770 g/mol. The van der Waals surface area contributed by atoms with Crippen LogP contribution in [0, 0.1) is 13.8 Å². The molecule has 1 atom stereocenters. The molecule has 3 aromatic heterocycles. The van der Waals surface area contributed by atoms with Gasteiger partial charge in [-0.2, -0.15) is 0 Å². The maximum Gasteiger partial charge on any atom is 0.332 e. The van der Waals surface area contributed by atoms with E-state index in [1.54, 1.807) is 40.1 Å². The number of methoxy groups -OCH3 is 2. The number of amides is 2. The van der Waals surface area contributed by atoms with Gasteiger partial charge in [0.25, 0.3) is 5.56 Å². The molecule has 14 nitrogen and oxygen atoms in total. The van der Waals surface area contributed by atoms with Gasteiger partial charge in [0.05, 0.1) is 24.4 Å². The lowest BCUT2D eigenvalue weighted by Gasteiger charge is -2.28. The summed E-state index contributed by atoms with van der Waals surface area (Å²) in [7, 11) is 10.1. The Balaban J connectivity index is 1.28. The molecule has 2 aromatic carbocycles. The van der Waals surface area contributed by atoms with Gasteiger partial charge in [-0.25, -0.2) is 24.5 Å². The zero-order chi connectivity index (χ0) is 39.6. The normalized spacial score (nSPS) is 13.7. The van der Waals surface area contributed by atoms with Crippen LogP contribution in [0.15, 0.2) is 52.1 Å². The smallest absolute Gasteiger partial charge is 0.332 e. The fourth-order valence-corrected chi connectivity index (χ4v) is 7.77. The molecule has 2 N–H and O–H groups in total. The topological polar surface area (TPSA) is 149 Å². The lowest BCUT2D eigenvalue weighted by Crippen LogP contribution is -2.41. The highest BCUT2D eigenvalue weighted by atomic mass is 35.5. The van der Waals surface area contributed by atoms with E-state index in [1.807, 2.05) is 43.3 Å². The summed E-state index contributed by atoms with van der Waals surface area (Å²) in [5, 5.41) is 6.84. The Labute approximate surface area is 325 Å². The summed E-state index contributed by atoms with van der Waals surface area (Å²) < 4.78 is 13.5. The lowest BCUT2D eigenvalue weighted by atomic mass is 9.96. The Kier molecular flexibility index (Phi) is 11.9. The molecule has 290 valence electrons. The number of carbonyl (C=O) groups excluding carboxylic acids is 1. The highest BCUT2D eigenvalue weighted by Gasteiger charge is 2.31. The number of benzene rings is 2. The van der Waals surface area contributed by atoms with Crippen molar-refractivity contribution in [3.8, 4) is 28.3 Å². The molecule has 3 heterocycles. The van der Waals surface area contributed by atoms with Crippen LogP contribution < -0.4 is 26.6 Å². The van der Waals surface area contributed by atoms with Crippen LogP contribution in [0.2, 0.25) is 5.02 Å². The summed E-state index contributed by atoms with van der Waals surface area (Å²) in [6.45, 7) is 6.13. The molecule has 0 bridgehead atoms. The Hall–Kier alpha value is -5.31. The Morgan fingerprint density at radius 2 is 1.71 bits per heavy atom. The molecular weight excluding hydrogens is 722 g/mol. The van der Waals surface area contributed by atoms with Crippen molar-refractivity contribution in [1.29, 1.82) is 0 Å². The highest BCUT2D eigenvalue weighted by molar-refractivity contribution is 6.36. The molecule has 15 heteroatoms. The minimum atomic E-state index is -0.483. The fraction of sp³-hybridized carbons (Fsp3) is 0.400.